The minimum absolute atomic E-state index is 0. The fraction of sp³-hybridized carbons (Fsp3) is 0.417. The molecule has 5 rings (SSSR count). The molecule has 1 fully saturated rings. The van der Waals surface area contributed by atoms with E-state index < -0.39 is 0 Å². The molecule has 0 radical (unpaired) electrons. The quantitative estimate of drug-likeness (QED) is 0.462. The van der Waals surface area contributed by atoms with Gasteiger partial charge in [-0.25, -0.2) is 14.8 Å². The molecule has 3 aromatic heterocycles. The van der Waals surface area contributed by atoms with Gasteiger partial charge < -0.3 is 9.47 Å². The van der Waals surface area contributed by atoms with E-state index in [1.807, 2.05) is 30.5 Å². The molecule has 1 aliphatic heterocycles. The van der Waals surface area contributed by atoms with Gasteiger partial charge >= 0.3 is 5.69 Å². The number of methoxy groups -OCH3 is 1. The van der Waals surface area contributed by atoms with E-state index in [1.165, 1.54) is 10.8 Å². The van der Waals surface area contributed by atoms with Crippen molar-refractivity contribution in [1.82, 2.24) is 29.0 Å². The fourth-order valence-corrected chi connectivity index (χ4v) is 4.22. The summed E-state index contributed by atoms with van der Waals surface area (Å²) in [7, 11) is 1.63. The van der Waals surface area contributed by atoms with Gasteiger partial charge in [-0.1, -0.05) is 19.6 Å². The van der Waals surface area contributed by atoms with Crippen LogP contribution < -0.4 is 10.4 Å². The van der Waals surface area contributed by atoms with Crippen LogP contribution in [0.25, 0.3) is 16.7 Å². The number of rotatable bonds is 5. The third-order valence-corrected chi connectivity index (χ3v) is 6.00. The molecule has 0 amide bonds. The molecule has 4 aromatic rings. The van der Waals surface area contributed by atoms with Crippen LogP contribution in [0.3, 0.4) is 0 Å². The van der Waals surface area contributed by atoms with Crippen LogP contribution >= 0.6 is 0 Å². The van der Waals surface area contributed by atoms with Crippen molar-refractivity contribution in [1.29, 1.82) is 0 Å². The van der Waals surface area contributed by atoms with Gasteiger partial charge in [0.2, 0.25) is 0 Å². The fourth-order valence-electron chi connectivity index (χ4n) is 4.22. The number of benzene rings is 1. The van der Waals surface area contributed by atoms with Crippen LogP contribution in [0.4, 0.5) is 0 Å². The zero-order valence-electron chi connectivity index (χ0n) is 18.4. The first-order valence-corrected chi connectivity index (χ1v) is 10.7. The van der Waals surface area contributed by atoms with Gasteiger partial charge in [0, 0.05) is 25.3 Å². The summed E-state index contributed by atoms with van der Waals surface area (Å²) in [5.41, 5.74) is 2.89. The van der Waals surface area contributed by atoms with Crippen molar-refractivity contribution in [2.45, 2.75) is 46.5 Å². The second-order valence-electron chi connectivity index (χ2n) is 8.35. The van der Waals surface area contributed by atoms with E-state index in [-0.39, 0.29) is 19.2 Å². The summed E-state index contributed by atoms with van der Waals surface area (Å²) in [6, 6.07) is 10.1. The van der Waals surface area contributed by atoms with E-state index in [0.29, 0.717) is 23.9 Å². The summed E-state index contributed by atoms with van der Waals surface area (Å²) < 4.78 is 14.0. The van der Waals surface area contributed by atoms with Crippen LogP contribution in [-0.4, -0.2) is 61.5 Å². The highest BCUT2D eigenvalue weighted by Gasteiger charge is 2.24. The average Bonchev–Trinajstić information content (AvgIpc) is 3.30. The molecule has 0 unspecified atom stereocenters. The highest BCUT2D eigenvalue weighted by Crippen LogP contribution is 2.21. The third kappa shape index (κ3) is 4.34. The number of aromatic nitrogens is 5. The van der Waals surface area contributed by atoms with Gasteiger partial charge in [0.05, 0.1) is 31.8 Å². The van der Waals surface area contributed by atoms with Gasteiger partial charge in [0.15, 0.2) is 5.65 Å². The summed E-state index contributed by atoms with van der Waals surface area (Å²) in [6.45, 7) is 6.99. The lowest BCUT2D eigenvalue weighted by molar-refractivity contribution is -0.0526. The topological polar surface area (TPSA) is 86.8 Å². The van der Waals surface area contributed by atoms with Crippen molar-refractivity contribution in [2.24, 2.45) is 0 Å². The van der Waals surface area contributed by atoms with Crippen molar-refractivity contribution in [3.05, 3.63) is 64.5 Å². The molecule has 1 saturated heterocycles. The summed E-state index contributed by atoms with van der Waals surface area (Å²) in [5, 5.41) is 4.97. The zero-order valence-corrected chi connectivity index (χ0v) is 18.4. The molecule has 4 heterocycles. The monoisotopic (exact) mass is 450 g/mol. The molecule has 174 valence electrons. The average molecular weight is 451 g/mol. The Hall–Kier alpha value is -3.30. The first-order valence-electron chi connectivity index (χ1n) is 10.7. The maximum absolute atomic E-state index is 13.1. The minimum atomic E-state index is -0.267. The third-order valence-electron chi connectivity index (χ3n) is 6.00. The Bertz CT molecular complexity index is 1310. The summed E-state index contributed by atoms with van der Waals surface area (Å²) >= 11 is 0. The van der Waals surface area contributed by atoms with Crippen LogP contribution in [0.15, 0.2) is 47.7 Å². The lowest BCUT2D eigenvalue weighted by Crippen LogP contribution is -2.46. The lowest BCUT2D eigenvalue weighted by Gasteiger charge is -2.36. The van der Waals surface area contributed by atoms with Crippen molar-refractivity contribution >= 4 is 16.7 Å². The number of ether oxygens (including phenoxy) is 2. The second-order valence-corrected chi connectivity index (χ2v) is 8.35. The van der Waals surface area contributed by atoms with Gasteiger partial charge in [0.25, 0.3) is 0 Å². The number of pyridine rings is 1. The van der Waals surface area contributed by atoms with Crippen LogP contribution in [0.5, 0.6) is 5.75 Å². The zero-order chi connectivity index (χ0) is 22.2. The molecule has 33 heavy (non-hydrogen) atoms. The SMILES string of the molecule is C.COc1ccc(Cn2c(=O)n3ncnc3c3cc(CN4C[C@@H](C)OC[C@H]4C)cnc32)cc1. The standard InChI is InChI=1S/C23H26N6O3.CH4/c1-15-13-32-16(2)10-27(15)11-18-8-20-21(24-9-18)28(23(30)29-22(20)25-14-26-29)12-17-4-6-19(31-3)7-5-17;/h4-9,14-16H,10-13H2,1-3H3;1H4/t15-,16-;/m1./s1. The summed E-state index contributed by atoms with van der Waals surface area (Å²) in [6.07, 6.45) is 3.47. The number of hydrogen-bond donors (Lipinski definition) is 0. The Kier molecular flexibility index (Phi) is 6.44. The van der Waals surface area contributed by atoms with Gasteiger partial charge in [-0.2, -0.15) is 9.61 Å². The van der Waals surface area contributed by atoms with Crippen molar-refractivity contribution in [3.63, 3.8) is 0 Å². The molecule has 1 aromatic carbocycles. The molecule has 1 aliphatic rings. The lowest BCUT2D eigenvalue weighted by atomic mass is 10.1. The Morgan fingerprint density at radius 3 is 2.64 bits per heavy atom. The molecule has 9 nitrogen and oxygen atoms in total. The first kappa shape index (κ1) is 22.9. The molecule has 0 aliphatic carbocycles. The molecular formula is C24H30N6O3. The van der Waals surface area contributed by atoms with E-state index >= 15 is 0 Å². The minimum Gasteiger partial charge on any atom is -0.497 e. The summed E-state index contributed by atoms with van der Waals surface area (Å²) in [4.78, 5) is 24.6. The van der Waals surface area contributed by atoms with E-state index in [0.717, 1.165) is 42.0 Å². The van der Waals surface area contributed by atoms with Gasteiger partial charge in [-0.15, -0.1) is 0 Å². The molecule has 0 bridgehead atoms. The van der Waals surface area contributed by atoms with Gasteiger partial charge in [-0.3, -0.25) is 9.47 Å². The molecule has 9 heteroatoms. The molecule has 0 spiro atoms. The number of hydrogen-bond acceptors (Lipinski definition) is 7. The molecule has 2 atom stereocenters. The van der Waals surface area contributed by atoms with Crippen LogP contribution in [0.2, 0.25) is 0 Å². The number of fused-ring (bicyclic) bond motifs is 3. The molecule has 0 saturated carbocycles. The Labute approximate surface area is 192 Å². The van der Waals surface area contributed by atoms with Crippen LogP contribution in [-0.2, 0) is 17.8 Å². The smallest absolute Gasteiger partial charge is 0.352 e. The number of morpholine rings is 1. The largest absolute Gasteiger partial charge is 0.497 e. The van der Waals surface area contributed by atoms with Crippen LogP contribution in [0.1, 0.15) is 32.4 Å². The Morgan fingerprint density at radius 1 is 1.09 bits per heavy atom. The summed E-state index contributed by atoms with van der Waals surface area (Å²) in [5.74, 6) is 0.770. The Balaban J connectivity index is 0.00000259. The van der Waals surface area contributed by atoms with Crippen LogP contribution in [0, 0.1) is 0 Å². The van der Waals surface area contributed by atoms with Gasteiger partial charge in [0.1, 0.15) is 17.7 Å². The first-order chi connectivity index (χ1) is 15.5. The van der Waals surface area contributed by atoms with E-state index in [1.54, 1.807) is 11.7 Å². The molecular weight excluding hydrogens is 420 g/mol. The van der Waals surface area contributed by atoms with Crippen molar-refractivity contribution < 1.29 is 9.47 Å². The highest BCUT2D eigenvalue weighted by atomic mass is 16.5. The Morgan fingerprint density at radius 2 is 1.88 bits per heavy atom. The van der Waals surface area contributed by atoms with E-state index in [4.69, 9.17) is 14.5 Å². The predicted molar refractivity (Wildman–Crippen MR) is 127 cm³/mol. The van der Waals surface area contributed by atoms with Crippen molar-refractivity contribution in [3.8, 4) is 5.75 Å². The normalized spacial score (nSPS) is 19.0. The highest BCUT2D eigenvalue weighted by molar-refractivity contribution is 5.89. The maximum Gasteiger partial charge on any atom is 0.352 e. The molecule has 0 N–H and O–H groups in total. The van der Waals surface area contributed by atoms with Crippen molar-refractivity contribution in [2.75, 3.05) is 20.3 Å². The van der Waals surface area contributed by atoms with E-state index in [9.17, 15) is 4.79 Å². The maximum atomic E-state index is 13.1. The number of nitrogens with zero attached hydrogens (tertiary/aromatic N) is 6. The van der Waals surface area contributed by atoms with Gasteiger partial charge in [-0.05, 0) is 43.2 Å². The predicted octanol–water partition coefficient (Wildman–Crippen LogP) is 2.74. The van der Waals surface area contributed by atoms with E-state index in [2.05, 4.69) is 34.9 Å². The second kappa shape index (κ2) is 9.29.